The average molecular weight is 455 g/mol. The van der Waals surface area contributed by atoms with E-state index in [1.165, 1.54) is 12.1 Å². The highest BCUT2D eigenvalue weighted by Gasteiger charge is 2.31. The van der Waals surface area contributed by atoms with Crippen LogP contribution in [-0.4, -0.2) is 16.5 Å². The molecule has 0 amide bonds. The van der Waals surface area contributed by atoms with Crippen LogP contribution in [0.2, 0.25) is 0 Å². The molecule has 4 nitrogen and oxygen atoms in total. The topological polar surface area (TPSA) is 63.8 Å². The Bertz CT molecular complexity index is 1250. The lowest BCUT2D eigenvalue weighted by atomic mass is 10.1. The number of aromatic nitrogens is 2. The summed E-state index contributed by atoms with van der Waals surface area (Å²) in [6, 6.07) is 12.9. The molecule has 2 heterocycles. The first-order valence-electron chi connectivity index (χ1n) is 10.4. The third-order valence-corrected chi connectivity index (χ3v) is 6.74. The van der Waals surface area contributed by atoms with Gasteiger partial charge in [-0.1, -0.05) is 35.6 Å². The van der Waals surface area contributed by atoms with E-state index < -0.39 is 17.8 Å². The van der Waals surface area contributed by atoms with Crippen molar-refractivity contribution in [3.8, 4) is 10.4 Å². The zero-order valence-electron chi connectivity index (χ0n) is 17.1. The molecular weight excluding hydrogens is 433 g/mol. The summed E-state index contributed by atoms with van der Waals surface area (Å²) in [5.74, 6) is 0.480. The van der Waals surface area contributed by atoms with Gasteiger partial charge in [0.25, 0.3) is 0 Å². The Morgan fingerprint density at radius 2 is 1.84 bits per heavy atom. The predicted octanol–water partition coefficient (Wildman–Crippen LogP) is 6.37. The molecule has 8 heteroatoms. The number of rotatable bonds is 6. The van der Waals surface area contributed by atoms with Gasteiger partial charge in [0.15, 0.2) is 5.13 Å². The number of nitrogens with one attached hydrogen (secondary N) is 1. The molecule has 1 saturated carbocycles. The molecule has 1 fully saturated rings. The Balaban J connectivity index is 1.34. The van der Waals surface area contributed by atoms with E-state index in [1.54, 1.807) is 17.5 Å². The maximum atomic E-state index is 12.8. The molecule has 0 aliphatic heterocycles. The highest BCUT2D eigenvalue weighted by atomic mass is 32.1. The standard InChI is InChI=1S/C24H21F3N4S/c25-24(26,27)19-7-5-14(6-8-19)20(28)13-30-23-31-21(15-1-2-15)22(32-23)17-3-4-18-12-29-10-9-16(18)11-17/h3-12,15,20H,1-2,13,28H2,(H,30,31). The number of halogens is 3. The number of hydrogen-bond donors (Lipinski definition) is 2. The molecule has 2 aromatic heterocycles. The molecule has 0 spiro atoms. The fourth-order valence-electron chi connectivity index (χ4n) is 3.71. The minimum Gasteiger partial charge on any atom is -0.360 e. The van der Waals surface area contributed by atoms with Gasteiger partial charge in [-0.3, -0.25) is 4.98 Å². The van der Waals surface area contributed by atoms with E-state index in [9.17, 15) is 13.2 Å². The highest BCUT2D eigenvalue weighted by molar-refractivity contribution is 7.19. The number of anilines is 1. The first kappa shape index (κ1) is 20.9. The van der Waals surface area contributed by atoms with Crippen LogP contribution in [0.5, 0.6) is 0 Å². The Hall–Kier alpha value is -2.97. The lowest BCUT2D eigenvalue weighted by Gasteiger charge is -2.14. The minimum atomic E-state index is -4.35. The van der Waals surface area contributed by atoms with Crippen molar-refractivity contribution in [2.75, 3.05) is 11.9 Å². The van der Waals surface area contributed by atoms with Gasteiger partial charge in [-0.2, -0.15) is 13.2 Å². The van der Waals surface area contributed by atoms with Gasteiger partial charge < -0.3 is 11.1 Å². The van der Waals surface area contributed by atoms with Gasteiger partial charge in [0.1, 0.15) is 0 Å². The molecule has 2 aromatic carbocycles. The number of pyridine rings is 1. The average Bonchev–Trinajstić information content (AvgIpc) is 3.55. The van der Waals surface area contributed by atoms with Crippen LogP contribution in [0.3, 0.4) is 0 Å². The van der Waals surface area contributed by atoms with E-state index in [4.69, 9.17) is 10.7 Å². The van der Waals surface area contributed by atoms with Crippen molar-refractivity contribution in [1.29, 1.82) is 0 Å². The van der Waals surface area contributed by atoms with Crippen molar-refractivity contribution in [3.63, 3.8) is 0 Å². The smallest absolute Gasteiger partial charge is 0.360 e. The van der Waals surface area contributed by atoms with Gasteiger partial charge in [0.05, 0.1) is 16.1 Å². The molecule has 1 unspecified atom stereocenters. The second-order valence-electron chi connectivity index (χ2n) is 8.05. The largest absolute Gasteiger partial charge is 0.416 e. The van der Waals surface area contributed by atoms with Crippen LogP contribution in [0.1, 0.15) is 41.6 Å². The maximum absolute atomic E-state index is 12.8. The van der Waals surface area contributed by atoms with E-state index >= 15 is 0 Å². The highest BCUT2D eigenvalue weighted by Crippen LogP contribution is 2.47. The number of hydrogen-bond acceptors (Lipinski definition) is 5. The first-order chi connectivity index (χ1) is 15.4. The van der Waals surface area contributed by atoms with Crippen LogP contribution in [0.25, 0.3) is 21.2 Å². The van der Waals surface area contributed by atoms with Gasteiger partial charge in [0, 0.05) is 36.3 Å². The molecule has 1 aliphatic carbocycles. The molecule has 0 radical (unpaired) electrons. The van der Waals surface area contributed by atoms with Crippen LogP contribution >= 0.6 is 11.3 Å². The maximum Gasteiger partial charge on any atom is 0.416 e. The summed E-state index contributed by atoms with van der Waals surface area (Å²) in [5.41, 5.74) is 8.42. The van der Waals surface area contributed by atoms with Crippen LogP contribution in [0, 0.1) is 0 Å². The van der Waals surface area contributed by atoms with E-state index in [-0.39, 0.29) is 0 Å². The number of benzene rings is 2. The summed E-state index contributed by atoms with van der Waals surface area (Å²) in [6.07, 6.45) is 1.56. The lowest BCUT2D eigenvalue weighted by molar-refractivity contribution is -0.137. The first-order valence-corrected chi connectivity index (χ1v) is 11.2. The van der Waals surface area contributed by atoms with Gasteiger partial charge in [0.2, 0.25) is 0 Å². The summed E-state index contributed by atoms with van der Waals surface area (Å²) in [5, 5.41) is 6.29. The SMILES string of the molecule is NC(CNc1nc(C2CC2)c(-c2ccc3cnccc3c2)s1)c1ccc(C(F)(F)F)cc1. The van der Waals surface area contributed by atoms with E-state index in [1.807, 2.05) is 12.3 Å². The van der Waals surface area contributed by atoms with Gasteiger partial charge in [-0.25, -0.2) is 4.98 Å². The van der Waals surface area contributed by atoms with E-state index in [0.717, 1.165) is 57.0 Å². The third kappa shape index (κ3) is 4.33. The molecule has 0 bridgehead atoms. The molecule has 4 aromatic rings. The Kier molecular flexibility index (Phi) is 5.35. The Labute approximate surface area is 187 Å². The fraction of sp³-hybridized carbons (Fsp3) is 0.250. The Morgan fingerprint density at radius 3 is 2.56 bits per heavy atom. The van der Waals surface area contributed by atoms with Crippen molar-refractivity contribution >= 4 is 27.2 Å². The summed E-state index contributed by atoms with van der Waals surface area (Å²) in [6.45, 7) is 0.381. The summed E-state index contributed by atoms with van der Waals surface area (Å²) in [4.78, 5) is 10.2. The number of nitrogens with zero attached hydrogens (tertiary/aromatic N) is 2. The summed E-state index contributed by atoms with van der Waals surface area (Å²) < 4.78 is 38.3. The summed E-state index contributed by atoms with van der Waals surface area (Å²) in [7, 11) is 0. The van der Waals surface area contributed by atoms with Crippen LogP contribution in [0.15, 0.2) is 60.9 Å². The number of nitrogens with two attached hydrogens (primary N) is 1. The molecule has 5 rings (SSSR count). The van der Waals surface area contributed by atoms with Gasteiger partial charge >= 0.3 is 6.18 Å². The molecule has 32 heavy (non-hydrogen) atoms. The number of fused-ring (bicyclic) bond motifs is 1. The van der Waals surface area contributed by atoms with Crippen molar-refractivity contribution in [3.05, 3.63) is 77.7 Å². The fourth-order valence-corrected chi connectivity index (χ4v) is 4.76. The number of thiazole rings is 1. The molecular formula is C24H21F3N4S. The molecule has 3 N–H and O–H groups in total. The number of alkyl halides is 3. The van der Waals surface area contributed by atoms with Crippen LogP contribution in [-0.2, 0) is 6.18 Å². The zero-order chi connectivity index (χ0) is 22.3. The van der Waals surface area contributed by atoms with Crippen molar-refractivity contribution in [1.82, 2.24) is 9.97 Å². The minimum absolute atomic E-state index is 0.381. The predicted molar refractivity (Wildman–Crippen MR) is 122 cm³/mol. The van der Waals surface area contributed by atoms with Crippen molar-refractivity contribution in [2.45, 2.75) is 31.0 Å². The zero-order valence-corrected chi connectivity index (χ0v) is 17.9. The Morgan fingerprint density at radius 1 is 1.06 bits per heavy atom. The molecule has 1 aliphatic rings. The second kappa shape index (κ2) is 8.18. The monoisotopic (exact) mass is 454 g/mol. The quantitative estimate of drug-likeness (QED) is 0.356. The van der Waals surface area contributed by atoms with E-state index in [2.05, 4.69) is 28.5 Å². The molecule has 164 valence electrons. The molecule has 1 atom stereocenters. The van der Waals surface area contributed by atoms with Crippen LogP contribution < -0.4 is 11.1 Å². The van der Waals surface area contributed by atoms with Gasteiger partial charge in [-0.05, 0) is 53.6 Å². The van der Waals surface area contributed by atoms with E-state index in [0.29, 0.717) is 18.0 Å². The lowest BCUT2D eigenvalue weighted by Crippen LogP contribution is -2.20. The normalized spacial score (nSPS) is 15.1. The molecule has 0 saturated heterocycles. The van der Waals surface area contributed by atoms with Crippen molar-refractivity contribution in [2.24, 2.45) is 5.73 Å². The second-order valence-corrected chi connectivity index (χ2v) is 9.05. The summed E-state index contributed by atoms with van der Waals surface area (Å²) >= 11 is 1.59. The van der Waals surface area contributed by atoms with Crippen molar-refractivity contribution < 1.29 is 13.2 Å². The van der Waals surface area contributed by atoms with Crippen LogP contribution in [0.4, 0.5) is 18.3 Å². The third-order valence-electron chi connectivity index (χ3n) is 5.66. The van der Waals surface area contributed by atoms with Gasteiger partial charge in [-0.15, -0.1) is 0 Å².